The number of nitrogens with one attached hydrogen (secondary N) is 3. The van der Waals surface area contributed by atoms with E-state index in [0.29, 0.717) is 24.5 Å². The number of hydrogen-bond donors (Lipinski definition) is 3. The van der Waals surface area contributed by atoms with Gasteiger partial charge in [0.05, 0.1) is 6.04 Å². The van der Waals surface area contributed by atoms with E-state index in [1.54, 1.807) is 0 Å². The van der Waals surface area contributed by atoms with Gasteiger partial charge < -0.3 is 20.9 Å². The van der Waals surface area contributed by atoms with Crippen molar-refractivity contribution in [2.45, 2.75) is 43.8 Å². The fraction of sp³-hybridized carbons (Fsp3) is 0.400. The van der Waals surface area contributed by atoms with Crippen molar-refractivity contribution in [3.8, 4) is 0 Å². The van der Waals surface area contributed by atoms with Crippen LogP contribution in [0.2, 0.25) is 0 Å². The largest absolute Gasteiger partial charge is 0.358 e. The molecule has 3 aliphatic heterocycles. The van der Waals surface area contributed by atoms with Crippen LogP contribution in [-0.4, -0.2) is 59.6 Å². The van der Waals surface area contributed by atoms with E-state index >= 15 is 0 Å². The zero-order chi connectivity index (χ0) is 22.8. The smallest absolute Gasteiger partial charge is 0.237 e. The fourth-order valence-electron chi connectivity index (χ4n) is 5.24. The molecule has 5 rings (SSSR count). The monoisotopic (exact) mass is 463 g/mol. The average Bonchev–Trinajstić information content (AvgIpc) is 3.44. The van der Waals surface area contributed by atoms with E-state index < -0.39 is 0 Å². The molecule has 2 saturated heterocycles. The summed E-state index contributed by atoms with van der Waals surface area (Å²) in [6, 6.07) is 18.0. The molecule has 172 valence electrons. The Morgan fingerprint density at radius 1 is 1.12 bits per heavy atom. The molecule has 2 amide bonds. The van der Waals surface area contributed by atoms with Gasteiger partial charge in [-0.05, 0) is 55.2 Å². The molecule has 3 aliphatic rings. The molecule has 7 nitrogen and oxygen atoms in total. The molecule has 0 aromatic heterocycles. The summed E-state index contributed by atoms with van der Waals surface area (Å²) in [5.74, 6) is 0.229. The SMILES string of the molecule is O=C1NCC(CCC(=O)N2CCc3ccccc32)N2CC(NC(=S)Nc3ccccc3)CC12. The number of para-hydroxylation sites is 2. The maximum Gasteiger partial charge on any atom is 0.237 e. The van der Waals surface area contributed by atoms with Gasteiger partial charge in [-0.3, -0.25) is 14.5 Å². The molecule has 8 heteroatoms. The highest BCUT2D eigenvalue weighted by Gasteiger charge is 2.43. The maximum atomic E-state index is 13.0. The molecular weight excluding hydrogens is 434 g/mol. The quantitative estimate of drug-likeness (QED) is 0.591. The topological polar surface area (TPSA) is 76.7 Å². The van der Waals surface area contributed by atoms with Crippen molar-refractivity contribution >= 4 is 40.5 Å². The molecule has 3 atom stereocenters. The Labute approximate surface area is 199 Å². The predicted molar refractivity (Wildman–Crippen MR) is 133 cm³/mol. The Hall–Kier alpha value is -2.97. The number of carbonyl (C=O) groups excluding carboxylic acids is 2. The van der Waals surface area contributed by atoms with Crippen LogP contribution in [0.4, 0.5) is 11.4 Å². The number of benzene rings is 2. The number of hydrogen-bond acceptors (Lipinski definition) is 4. The van der Waals surface area contributed by atoms with Crippen LogP contribution < -0.4 is 20.9 Å². The maximum absolute atomic E-state index is 13.0. The Morgan fingerprint density at radius 2 is 1.91 bits per heavy atom. The molecule has 0 bridgehead atoms. The highest BCUT2D eigenvalue weighted by molar-refractivity contribution is 7.80. The first-order valence-electron chi connectivity index (χ1n) is 11.6. The molecule has 0 spiro atoms. The molecular formula is C25H29N5O2S. The Kier molecular flexibility index (Phi) is 6.28. The molecule has 2 aromatic rings. The number of piperazine rings is 1. The third-order valence-corrected chi connectivity index (χ3v) is 7.09. The minimum absolute atomic E-state index is 0.0669. The van der Waals surface area contributed by atoms with Crippen molar-refractivity contribution in [2.75, 3.05) is 29.9 Å². The lowest BCUT2D eigenvalue weighted by Crippen LogP contribution is -2.58. The van der Waals surface area contributed by atoms with Gasteiger partial charge >= 0.3 is 0 Å². The van der Waals surface area contributed by atoms with E-state index in [-0.39, 0.29) is 29.9 Å². The Bertz CT molecular complexity index is 1050. The summed E-state index contributed by atoms with van der Waals surface area (Å²) >= 11 is 5.48. The van der Waals surface area contributed by atoms with Crippen LogP contribution in [-0.2, 0) is 16.0 Å². The van der Waals surface area contributed by atoms with Gasteiger partial charge in [0, 0.05) is 49.5 Å². The first-order valence-corrected chi connectivity index (χ1v) is 12.0. The van der Waals surface area contributed by atoms with Crippen LogP contribution in [0.25, 0.3) is 0 Å². The van der Waals surface area contributed by atoms with Gasteiger partial charge in [-0.15, -0.1) is 0 Å². The molecule has 3 heterocycles. The number of carbonyl (C=O) groups is 2. The molecule has 33 heavy (non-hydrogen) atoms. The summed E-state index contributed by atoms with van der Waals surface area (Å²) in [6.45, 7) is 2.07. The molecule has 0 aliphatic carbocycles. The van der Waals surface area contributed by atoms with E-state index in [9.17, 15) is 9.59 Å². The Morgan fingerprint density at radius 3 is 2.76 bits per heavy atom. The van der Waals surface area contributed by atoms with Crippen molar-refractivity contribution in [3.05, 3.63) is 60.2 Å². The minimum Gasteiger partial charge on any atom is -0.358 e. The van der Waals surface area contributed by atoms with E-state index in [1.807, 2.05) is 53.4 Å². The highest BCUT2D eigenvalue weighted by Crippen LogP contribution is 2.30. The van der Waals surface area contributed by atoms with E-state index in [2.05, 4.69) is 26.9 Å². The average molecular weight is 464 g/mol. The second kappa shape index (κ2) is 9.49. The molecule has 0 radical (unpaired) electrons. The van der Waals surface area contributed by atoms with Crippen LogP contribution >= 0.6 is 12.2 Å². The lowest BCUT2D eigenvalue weighted by atomic mass is 10.0. The second-order valence-corrected chi connectivity index (χ2v) is 9.38. The number of nitrogens with zero attached hydrogens (tertiary/aromatic N) is 2. The van der Waals surface area contributed by atoms with E-state index in [4.69, 9.17) is 12.2 Å². The number of rotatable bonds is 5. The zero-order valence-corrected chi connectivity index (χ0v) is 19.3. The third kappa shape index (κ3) is 4.72. The first kappa shape index (κ1) is 21.9. The summed E-state index contributed by atoms with van der Waals surface area (Å²) in [5.41, 5.74) is 3.22. The number of anilines is 2. The van der Waals surface area contributed by atoms with Crippen molar-refractivity contribution in [3.63, 3.8) is 0 Å². The molecule has 3 unspecified atom stereocenters. The van der Waals surface area contributed by atoms with Crippen LogP contribution in [0.5, 0.6) is 0 Å². The Balaban J connectivity index is 1.17. The van der Waals surface area contributed by atoms with Crippen LogP contribution in [0, 0.1) is 0 Å². The number of thiocarbonyl (C=S) groups is 1. The zero-order valence-electron chi connectivity index (χ0n) is 18.5. The minimum atomic E-state index is -0.177. The second-order valence-electron chi connectivity index (χ2n) is 8.97. The van der Waals surface area contributed by atoms with Crippen molar-refractivity contribution in [1.29, 1.82) is 0 Å². The lowest BCUT2D eigenvalue weighted by Gasteiger charge is -2.37. The molecule has 2 fully saturated rings. The standard InChI is InChI=1S/C25H29N5O2S/c31-23(29-13-12-17-6-4-5-9-21(17)29)11-10-20-15-26-24(32)22-14-19(16-30(20)22)28-25(33)27-18-7-2-1-3-8-18/h1-9,19-20,22H,10-16H2,(H,26,32)(H2,27,28,33). The van der Waals surface area contributed by atoms with Crippen LogP contribution in [0.15, 0.2) is 54.6 Å². The van der Waals surface area contributed by atoms with Crippen LogP contribution in [0.3, 0.4) is 0 Å². The summed E-state index contributed by atoms with van der Waals surface area (Å²) in [4.78, 5) is 29.7. The summed E-state index contributed by atoms with van der Waals surface area (Å²) in [7, 11) is 0. The van der Waals surface area contributed by atoms with Crippen LogP contribution in [0.1, 0.15) is 24.8 Å². The predicted octanol–water partition coefficient (Wildman–Crippen LogP) is 2.28. The summed E-state index contributed by atoms with van der Waals surface area (Å²) in [5, 5.41) is 10.2. The number of amides is 2. The van der Waals surface area contributed by atoms with Gasteiger partial charge in [0.1, 0.15) is 0 Å². The number of fused-ring (bicyclic) bond motifs is 2. The van der Waals surface area contributed by atoms with Crippen molar-refractivity contribution in [2.24, 2.45) is 0 Å². The van der Waals surface area contributed by atoms with Gasteiger partial charge in [-0.1, -0.05) is 36.4 Å². The molecule has 2 aromatic carbocycles. The van der Waals surface area contributed by atoms with Crippen molar-refractivity contribution < 1.29 is 9.59 Å². The fourth-order valence-corrected chi connectivity index (χ4v) is 5.53. The lowest BCUT2D eigenvalue weighted by molar-refractivity contribution is -0.129. The summed E-state index contributed by atoms with van der Waals surface area (Å²) < 4.78 is 0. The van der Waals surface area contributed by atoms with Gasteiger partial charge in [0.2, 0.25) is 11.8 Å². The van der Waals surface area contributed by atoms with Gasteiger partial charge in [-0.25, -0.2) is 0 Å². The van der Waals surface area contributed by atoms with E-state index in [1.165, 1.54) is 5.56 Å². The molecule has 0 saturated carbocycles. The normalized spacial score (nSPS) is 24.1. The van der Waals surface area contributed by atoms with Gasteiger partial charge in [-0.2, -0.15) is 0 Å². The first-order chi connectivity index (χ1) is 16.1. The molecule has 3 N–H and O–H groups in total. The van der Waals surface area contributed by atoms with Crippen molar-refractivity contribution in [1.82, 2.24) is 15.5 Å². The van der Waals surface area contributed by atoms with E-state index in [0.717, 1.165) is 37.3 Å². The highest BCUT2D eigenvalue weighted by atomic mass is 32.1. The van der Waals surface area contributed by atoms with Gasteiger partial charge in [0.15, 0.2) is 5.11 Å². The van der Waals surface area contributed by atoms with Gasteiger partial charge in [0.25, 0.3) is 0 Å². The third-order valence-electron chi connectivity index (χ3n) is 6.87. The summed E-state index contributed by atoms with van der Waals surface area (Å²) in [6.07, 6.45) is 2.82.